The van der Waals surface area contributed by atoms with Gasteiger partial charge in [-0.1, -0.05) is 67.8 Å². The number of fused-ring (bicyclic) bond motifs is 1. The molecule has 0 spiro atoms. The van der Waals surface area contributed by atoms with Crippen LogP contribution in [0.2, 0.25) is 0 Å². The number of allylic oxidation sites excluding steroid dienone is 2. The Bertz CT molecular complexity index is 1000. The third-order valence-electron chi connectivity index (χ3n) is 4.69. The van der Waals surface area contributed by atoms with Gasteiger partial charge < -0.3 is 10.3 Å². The fourth-order valence-corrected chi connectivity index (χ4v) is 3.40. The van der Waals surface area contributed by atoms with E-state index < -0.39 is 0 Å². The van der Waals surface area contributed by atoms with Crippen LogP contribution < -0.4 is 5.32 Å². The smallest absolute Gasteiger partial charge is 0.0692 e. The van der Waals surface area contributed by atoms with Gasteiger partial charge in [0, 0.05) is 22.2 Å². The van der Waals surface area contributed by atoms with Gasteiger partial charge >= 0.3 is 0 Å². The van der Waals surface area contributed by atoms with E-state index in [-0.39, 0.29) is 6.04 Å². The lowest BCUT2D eigenvalue weighted by Gasteiger charge is -2.14. The fourth-order valence-electron chi connectivity index (χ4n) is 3.40. The van der Waals surface area contributed by atoms with Crippen molar-refractivity contribution in [3.8, 4) is 11.1 Å². The van der Waals surface area contributed by atoms with Crippen LogP contribution in [-0.2, 0) is 0 Å². The van der Waals surface area contributed by atoms with E-state index in [2.05, 4.69) is 78.1 Å². The SMILES string of the molecule is C=CNC(/C=C\C)c1ccc(-c2ccc3[nH]c(/C=C\C)c(C=C)c3c2)cc1. The monoisotopic (exact) mass is 354 g/mol. The van der Waals surface area contributed by atoms with Crippen molar-refractivity contribution in [1.82, 2.24) is 10.3 Å². The molecule has 3 aromatic rings. The van der Waals surface area contributed by atoms with Crippen molar-refractivity contribution < 1.29 is 0 Å². The lowest BCUT2D eigenvalue weighted by molar-refractivity contribution is 0.756. The van der Waals surface area contributed by atoms with Crippen molar-refractivity contribution in [2.24, 2.45) is 0 Å². The molecule has 2 heteroatoms. The molecular weight excluding hydrogens is 328 g/mol. The number of nitrogens with one attached hydrogen (secondary N) is 2. The highest BCUT2D eigenvalue weighted by Crippen LogP contribution is 2.30. The molecule has 0 saturated carbocycles. The predicted molar refractivity (Wildman–Crippen MR) is 119 cm³/mol. The number of H-pyrrole nitrogens is 1. The first-order chi connectivity index (χ1) is 13.2. The largest absolute Gasteiger partial charge is 0.381 e. The van der Waals surface area contributed by atoms with Crippen molar-refractivity contribution >= 4 is 23.1 Å². The van der Waals surface area contributed by atoms with Crippen LogP contribution in [-0.4, -0.2) is 4.98 Å². The Hall–Kier alpha value is -3.26. The van der Waals surface area contributed by atoms with Crippen LogP contribution in [0.4, 0.5) is 0 Å². The van der Waals surface area contributed by atoms with Crippen LogP contribution >= 0.6 is 0 Å². The number of aromatic amines is 1. The van der Waals surface area contributed by atoms with Gasteiger partial charge in [0.15, 0.2) is 0 Å². The van der Waals surface area contributed by atoms with Crippen molar-refractivity contribution in [1.29, 1.82) is 0 Å². The Morgan fingerprint density at radius 3 is 2.33 bits per heavy atom. The van der Waals surface area contributed by atoms with Gasteiger partial charge in [-0.25, -0.2) is 0 Å². The average Bonchev–Trinajstić information content (AvgIpc) is 3.04. The first kappa shape index (κ1) is 18.5. The van der Waals surface area contributed by atoms with E-state index in [1.807, 2.05) is 32.1 Å². The minimum Gasteiger partial charge on any atom is -0.381 e. The maximum Gasteiger partial charge on any atom is 0.0692 e. The van der Waals surface area contributed by atoms with Crippen molar-refractivity contribution in [2.75, 3.05) is 0 Å². The Labute approximate surface area is 161 Å². The number of rotatable bonds is 7. The molecule has 2 nitrogen and oxygen atoms in total. The van der Waals surface area contributed by atoms with Gasteiger partial charge in [0.05, 0.1) is 6.04 Å². The van der Waals surface area contributed by atoms with E-state index in [4.69, 9.17) is 0 Å². The van der Waals surface area contributed by atoms with E-state index in [0.29, 0.717) is 0 Å². The molecule has 136 valence electrons. The van der Waals surface area contributed by atoms with E-state index in [9.17, 15) is 0 Å². The molecule has 0 fully saturated rings. The van der Waals surface area contributed by atoms with E-state index in [0.717, 1.165) is 16.8 Å². The van der Waals surface area contributed by atoms with Crippen LogP contribution in [0.3, 0.4) is 0 Å². The zero-order chi connectivity index (χ0) is 19.2. The summed E-state index contributed by atoms with van der Waals surface area (Å²) < 4.78 is 0. The summed E-state index contributed by atoms with van der Waals surface area (Å²) >= 11 is 0. The first-order valence-electron chi connectivity index (χ1n) is 9.22. The Morgan fingerprint density at radius 2 is 1.70 bits per heavy atom. The summed E-state index contributed by atoms with van der Waals surface area (Å²) in [6.45, 7) is 11.8. The maximum absolute atomic E-state index is 3.99. The quantitative estimate of drug-likeness (QED) is 0.446. The Kier molecular flexibility index (Phi) is 5.77. The highest BCUT2D eigenvalue weighted by Gasteiger charge is 2.09. The summed E-state index contributed by atoms with van der Waals surface area (Å²) in [6.07, 6.45) is 12.0. The molecule has 1 heterocycles. The molecule has 1 atom stereocenters. The van der Waals surface area contributed by atoms with Gasteiger partial charge in [-0.05, 0) is 54.9 Å². The van der Waals surface area contributed by atoms with Gasteiger partial charge in [-0.15, -0.1) is 0 Å². The third kappa shape index (κ3) is 3.80. The molecule has 0 radical (unpaired) electrons. The van der Waals surface area contributed by atoms with E-state index in [1.54, 1.807) is 6.20 Å². The van der Waals surface area contributed by atoms with Gasteiger partial charge in [0.2, 0.25) is 0 Å². The first-order valence-corrected chi connectivity index (χ1v) is 9.22. The fraction of sp³-hybridized carbons (Fsp3) is 0.120. The number of aromatic nitrogens is 1. The van der Waals surface area contributed by atoms with Crippen LogP contribution in [0.15, 0.2) is 80.1 Å². The van der Waals surface area contributed by atoms with Crippen LogP contribution in [0, 0.1) is 0 Å². The molecule has 2 N–H and O–H groups in total. The van der Waals surface area contributed by atoms with Gasteiger partial charge in [-0.2, -0.15) is 0 Å². The van der Waals surface area contributed by atoms with Crippen molar-refractivity contribution in [2.45, 2.75) is 19.9 Å². The van der Waals surface area contributed by atoms with Gasteiger partial charge in [0.25, 0.3) is 0 Å². The molecule has 1 unspecified atom stereocenters. The van der Waals surface area contributed by atoms with Crippen LogP contribution in [0.5, 0.6) is 0 Å². The second-order valence-corrected chi connectivity index (χ2v) is 6.41. The molecule has 0 aliphatic rings. The molecule has 0 aliphatic carbocycles. The normalized spacial score (nSPS) is 12.7. The molecule has 3 rings (SSSR count). The highest BCUT2D eigenvalue weighted by atomic mass is 14.9. The second-order valence-electron chi connectivity index (χ2n) is 6.41. The second kappa shape index (κ2) is 8.41. The lowest BCUT2D eigenvalue weighted by atomic mass is 9.98. The van der Waals surface area contributed by atoms with E-state index >= 15 is 0 Å². The van der Waals surface area contributed by atoms with Crippen molar-refractivity contribution in [3.63, 3.8) is 0 Å². The summed E-state index contributed by atoms with van der Waals surface area (Å²) in [5.41, 5.74) is 6.97. The molecule has 0 amide bonds. The molecular formula is C25H26N2. The summed E-state index contributed by atoms with van der Waals surface area (Å²) in [7, 11) is 0. The molecule has 0 aliphatic heterocycles. The summed E-state index contributed by atoms with van der Waals surface area (Å²) in [4.78, 5) is 3.46. The number of benzene rings is 2. The minimum absolute atomic E-state index is 0.143. The zero-order valence-corrected chi connectivity index (χ0v) is 16.0. The lowest BCUT2D eigenvalue weighted by Crippen LogP contribution is -2.12. The van der Waals surface area contributed by atoms with Gasteiger partial charge in [-0.3, -0.25) is 0 Å². The molecule has 27 heavy (non-hydrogen) atoms. The van der Waals surface area contributed by atoms with Crippen LogP contribution in [0.1, 0.15) is 36.7 Å². The standard InChI is InChI=1S/C25H26N2/c1-5-9-23(26-8-4)19-13-11-18(12-14-19)20-15-16-25-22(17-20)21(7-3)24(27-25)10-6-2/h5-17,23,26-27H,3-4H2,1-2H3/b9-5-,10-6-. The average molecular weight is 354 g/mol. The highest BCUT2D eigenvalue weighted by molar-refractivity contribution is 5.95. The minimum atomic E-state index is 0.143. The predicted octanol–water partition coefficient (Wildman–Crippen LogP) is 6.86. The summed E-state index contributed by atoms with van der Waals surface area (Å²) in [5, 5.41) is 4.46. The summed E-state index contributed by atoms with van der Waals surface area (Å²) in [5.74, 6) is 0. The third-order valence-corrected chi connectivity index (χ3v) is 4.69. The number of hydrogen-bond acceptors (Lipinski definition) is 1. The molecule has 0 saturated heterocycles. The molecule has 2 aromatic carbocycles. The Balaban J connectivity index is 1.99. The zero-order valence-electron chi connectivity index (χ0n) is 16.0. The van der Waals surface area contributed by atoms with E-state index in [1.165, 1.54) is 22.1 Å². The maximum atomic E-state index is 3.99. The number of hydrogen-bond donors (Lipinski definition) is 2. The van der Waals surface area contributed by atoms with Gasteiger partial charge in [0.1, 0.15) is 0 Å². The van der Waals surface area contributed by atoms with Crippen LogP contribution in [0.25, 0.3) is 34.2 Å². The summed E-state index contributed by atoms with van der Waals surface area (Å²) in [6, 6.07) is 15.3. The molecule has 0 bridgehead atoms. The topological polar surface area (TPSA) is 27.8 Å². The van der Waals surface area contributed by atoms with Crippen molar-refractivity contribution in [3.05, 3.63) is 96.9 Å². The Morgan fingerprint density at radius 1 is 0.963 bits per heavy atom. The molecule has 1 aromatic heterocycles.